The van der Waals surface area contributed by atoms with Crippen LogP contribution in [0.2, 0.25) is 0 Å². The van der Waals surface area contributed by atoms with E-state index in [1.165, 1.54) is 0 Å². The zero-order chi connectivity index (χ0) is 35.7. The summed E-state index contributed by atoms with van der Waals surface area (Å²) in [6.45, 7) is 8.88. The molecule has 3 unspecified atom stereocenters. The maximum Gasteiger partial charge on any atom is 0.319 e. The summed E-state index contributed by atoms with van der Waals surface area (Å²) in [5.41, 5.74) is 7.88. The van der Waals surface area contributed by atoms with Gasteiger partial charge in [0.25, 0.3) is 0 Å². The number of nitrogens with two attached hydrogens (primary N) is 1. The van der Waals surface area contributed by atoms with Crippen molar-refractivity contribution < 1.29 is 28.1 Å². The molecule has 3 aromatic heterocycles. The Bertz CT molecular complexity index is 2080. The smallest absolute Gasteiger partial charge is 0.319 e. The molecule has 4 aliphatic heterocycles. The highest BCUT2D eigenvalue weighted by molar-refractivity contribution is 7.23. The summed E-state index contributed by atoms with van der Waals surface area (Å²) in [4.78, 5) is 21.4. The third-order valence-electron chi connectivity index (χ3n) is 11.5. The summed E-state index contributed by atoms with van der Waals surface area (Å²) in [6, 6.07) is 2.41. The molecule has 3 N–H and O–H groups in total. The first-order chi connectivity index (χ1) is 25.2. The topological polar surface area (TPSA) is 146 Å². The van der Waals surface area contributed by atoms with Crippen molar-refractivity contribution in [1.82, 2.24) is 24.8 Å². The van der Waals surface area contributed by atoms with Crippen molar-refractivity contribution in [3.05, 3.63) is 34.5 Å². The van der Waals surface area contributed by atoms with Crippen molar-refractivity contribution in [3.8, 4) is 23.3 Å². The third-order valence-corrected chi connectivity index (χ3v) is 12.5. The first-order valence-electron chi connectivity index (χ1n) is 18.2. The number of aliphatic hydroxyl groups excluding tert-OH is 1. The first kappa shape index (κ1) is 34.0. The van der Waals surface area contributed by atoms with Gasteiger partial charge in [-0.1, -0.05) is 0 Å². The summed E-state index contributed by atoms with van der Waals surface area (Å²) in [7, 11) is 0. The van der Waals surface area contributed by atoms with Crippen molar-refractivity contribution in [2.75, 3.05) is 69.7 Å². The lowest BCUT2D eigenvalue weighted by atomic mass is 9.93. The summed E-state index contributed by atoms with van der Waals surface area (Å²) in [5.74, 6) is -0.647. The molecule has 5 aliphatic rings. The van der Waals surface area contributed by atoms with Gasteiger partial charge in [-0.15, -0.1) is 11.3 Å². The highest BCUT2D eigenvalue weighted by atomic mass is 32.1. The number of fused-ring (bicyclic) bond motifs is 6. The number of hydrogen-bond donors (Lipinski definition) is 2. The fourth-order valence-electron chi connectivity index (χ4n) is 8.91. The summed E-state index contributed by atoms with van der Waals surface area (Å²) in [5, 5.41) is 21.1. The number of nitriles is 1. The lowest BCUT2D eigenvalue weighted by Crippen LogP contribution is -2.55. The minimum absolute atomic E-state index is 0.0276. The average Bonchev–Trinajstić information content (AvgIpc) is 3.56. The Morgan fingerprint density at radius 3 is 2.63 bits per heavy atom. The van der Waals surface area contributed by atoms with Crippen molar-refractivity contribution in [2.45, 2.75) is 70.4 Å². The quantitative estimate of drug-likeness (QED) is 0.248. The van der Waals surface area contributed by atoms with Crippen LogP contribution in [0.25, 0.3) is 32.2 Å². The second-order valence-corrected chi connectivity index (χ2v) is 16.2. The third kappa shape index (κ3) is 5.84. The molecule has 15 heteroatoms. The van der Waals surface area contributed by atoms with Crippen LogP contribution in [-0.2, 0) is 22.7 Å². The van der Waals surface area contributed by atoms with Gasteiger partial charge in [-0.3, -0.25) is 9.88 Å². The number of nitrogen functional groups attached to an aromatic ring is 1. The lowest BCUT2D eigenvalue weighted by molar-refractivity contribution is 0.111. The molecule has 12 nitrogen and oxygen atoms in total. The molecule has 1 saturated carbocycles. The molecular weight excluding hydrogens is 691 g/mol. The normalized spacial score (nSPS) is 23.6. The number of pyridine rings is 1. The van der Waals surface area contributed by atoms with Gasteiger partial charge in [-0.05, 0) is 50.2 Å². The second kappa shape index (κ2) is 13.3. The molecule has 274 valence electrons. The van der Waals surface area contributed by atoms with Crippen molar-refractivity contribution >= 4 is 43.1 Å². The number of aliphatic hydroxyl groups is 1. The largest absolute Gasteiger partial charge is 0.463 e. The number of rotatable bonds is 9. The number of thiophene rings is 1. The van der Waals surface area contributed by atoms with E-state index in [9.17, 15) is 10.4 Å². The Morgan fingerprint density at radius 1 is 1.10 bits per heavy atom. The molecule has 0 spiro atoms. The monoisotopic (exact) mass is 732 g/mol. The molecule has 7 heterocycles. The second-order valence-electron chi connectivity index (χ2n) is 15.2. The van der Waals surface area contributed by atoms with Crippen LogP contribution in [0.15, 0.2) is 6.20 Å². The lowest BCUT2D eigenvalue weighted by Gasteiger charge is -2.42. The molecule has 9 rings (SSSR count). The molecule has 2 bridgehead atoms. The Morgan fingerprint density at radius 2 is 1.88 bits per heavy atom. The van der Waals surface area contributed by atoms with Gasteiger partial charge in [0.1, 0.15) is 22.4 Å². The summed E-state index contributed by atoms with van der Waals surface area (Å²) in [6.07, 6.45) is 5.55. The van der Waals surface area contributed by atoms with E-state index in [0.717, 1.165) is 101 Å². The van der Waals surface area contributed by atoms with Crippen LogP contribution in [-0.4, -0.2) is 107 Å². The Kier molecular flexibility index (Phi) is 8.67. The van der Waals surface area contributed by atoms with Crippen molar-refractivity contribution in [1.29, 1.82) is 5.26 Å². The molecule has 3 saturated heterocycles. The molecule has 4 fully saturated rings. The van der Waals surface area contributed by atoms with E-state index >= 15 is 8.78 Å². The number of ether oxygens (including phenoxy) is 3. The van der Waals surface area contributed by atoms with Gasteiger partial charge < -0.3 is 34.9 Å². The van der Waals surface area contributed by atoms with E-state index in [2.05, 4.69) is 25.8 Å². The minimum atomic E-state index is -0.646. The number of anilines is 2. The predicted molar refractivity (Wildman–Crippen MR) is 192 cm³/mol. The first-order valence-corrected chi connectivity index (χ1v) is 19.1. The maximum atomic E-state index is 17.5. The minimum Gasteiger partial charge on any atom is -0.463 e. The number of hydrogen-bond acceptors (Lipinski definition) is 13. The van der Waals surface area contributed by atoms with E-state index in [0.29, 0.717) is 29.9 Å². The Balaban J connectivity index is 1.18. The van der Waals surface area contributed by atoms with Gasteiger partial charge in [0.2, 0.25) is 0 Å². The van der Waals surface area contributed by atoms with Crippen LogP contribution in [0.4, 0.5) is 19.6 Å². The predicted octanol–water partition coefficient (Wildman–Crippen LogP) is 4.58. The summed E-state index contributed by atoms with van der Waals surface area (Å²) >= 11 is 0.949. The van der Waals surface area contributed by atoms with Crippen molar-refractivity contribution in [2.24, 2.45) is 5.41 Å². The van der Waals surface area contributed by atoms with Gasteiger partial charge in [-0.2, -0.15) is 15.2 Å². The Hall–Kier alpha value is -3.78. The van der Waals surface area contributed by atoms with E-state index in [4.69, 9.17) is 29.9 Å². The fraction of sp³-hybridized carbons (Fsp3) is 0.568. The molecule has 1 aromatic carbocycles. The van der Waals surface area contributed by atoms with Crippen LogP contribution in [0, 0.1) is 28.4 Å². The molecule has 52 heavy (non-hydrogen) atoms. The summed E-state index contributed by atoms with van der Waals surface area (Å²) < 4.78 is 50.9. The number of halogens is 2. The SMILES string of the molecule is CC(O)CN1CC2CCC(C1)N2c1nc(OCC2(CN3CCCOCC3)CC2)nc2c(F)c(-c3ncc(F)c4sc(N)c(C#N)c34)c3c(c12)COC3. The molecule has 4 aromatic rings. The van der Waals surface area contributed by atoms with Gasteiger partial charge in [0.15, 0.2) is 11.6 Å². The number of likely N-dealkylation sites (tertiary alicyclic amines) is 1. The molecular formula is C37H42F2N8O4S. The zero-order valence-electron chi connectivity index (χ0n) is 29.2. The molecule has 3 atom stereocenters. The van der Waals surface area contributed by atoms with Crippen LogP contribution in [0.5, 0.6) is 6.01 Å². The van der Waals surface area contributed by atoms with E-state index in [1.54, 1.807) is 6.92 Å². The highest BCUT2D eigenvalue weighted by Crippen LogP contribution is 2.49. The number of β-amino-alcohol motifs (C(OH)–C–C–N with tert-alkyl or cyclic N) is 1. The van der Waals surface area contributed by atoms with Crippen molar-refractivity contribution in [3.63, 3.8) is 0 Å². The van der Waals surface area contributed by atoms with Gasteiger partial charge >= 0.3 is 6.01 Å². The maximum absolute atomic E-state index is 17.5. The van der Waals surface area contributed by atoms with Crippen LogP contribution in [0.3, 0.4) is 0 Å². The molecule has 1 aliphatic carbocycles. The molecule has 0 amide bonds. The van der Waals surface area contributed by atoms with Gasteiger partial charge in [0.05, 0.1) is 60.1 Å². The Labute approximate surface area is 304 Å². The highest BCUT2D eigenvalue weighted by Gasteiger charge is 2.46. The number of piperazine rings is 1. The van der Waals surface area contributed by atoms with E-state index in [1.807, 2.05) is 0 Å². The van der Waals surface area contributed by atoms with E-state index in [-0.39, 0.29) is 74.1 Å². The standard InChI is InChI=1S/C37H42F2N8O4S/c1-20(48)13-46-14-21-3-4-22(15-46)47(21)35-29-25-17-50-16-24(25)27(31-28-23(11-40)34(41)52-33(28)26(38)12-42-31)30(39)32(29)43-36(44-35)51-19-37(5-6-37)18-45-7-2-9-49-10-8-45/h12,20-22,48H,2-10,13-19,41H2,1H3. The number of nitrogens with zero attached hydrogens (tertiary/aromatic N) is 7. The van der Waals surface area contributed by atoms with E-state index < -0.39 is 17.7 Å². The average molecular weight is 733 g/mol. The zero-order valence-corrected chi connectivity index (χ0v) is 30.0. The fourth-order valence-corrected chi connectivity index (χ4v) is 9.83. The van der Waals surface area contributed by atoms with Crippen LogP contribution >= 0.6 is 11.3 Å². The van der Waals surface area contributed by atoms with Crippen LogP contribution < -0.4 is 15.4 Å². The van der Waals surface area contributed by atoms with Gasteiger partial charge in [-0.25, -0.2) is 8.78 Å². The van der Waals surface area contributed by atoms with Crippen LogP contribution in [0.1, 0.15) is 55.7 Å². The number of aromatic nitrogens is 3. The molecule has 0 radical (unpaired) electrons. The van der Waals surface area contributed by atoms with Gasteiger partial charge in [0, 0.05) is 74.3 Å². The number of benzene rings is 1.